The highest BCUT2D eigenvalue weighted by atomic mass is 16.5. The second kappa shape index (κ2) is 5.34. The van der Waals surface area contributed by atoms with Gasteiger partial charge in [-0.05, 0) is 25.2 Å². The van der Waals surface area contributed by atoms with Crippen LogP contribution < -0.4 is 10.5 Å². The smallest absolute Gasteiger partial charge is 0.219 e. The molecule has 0 saturated heterocycles. The minimum atomic E-state index is 0.280. The van der Waals surface area contributed by atoms with Crippen molar-refractivity contribution in [1.82, 2.24) is 9.97 Å². The Morgan fingerprint density at radius 3 is 2.82 bits per heavy atom. The number of aromatic nitrogens is 2. The second-order valence-electron chi connectivity index (χ2n) is 4.82. The molecule has 1 aromatic rings. The van der Waals surface area contributed by atoms with Crippen LogP contribution in [-0.4, -0.2) is 16.1 Å². The SMILES string of the molecule is CCc1nc(N)cc(OC2CCCCC2C)n1. The van der Waals surface area contributed by atoms with Gasteiger partial charge in [0.05, 0.1) is 0 Å². The molecule has 4 nitrogen and oxygen atoms in total. The number of nitrogens with zero attached hydrogens (tertiary/aromatic N) is 2. The zero-order chi connectivity index (χ0) is 12.3. The van der Waals surface area contributed by atoms with Gasteiger partial charge in [-0.15, -0.1) is 0 Å². The quantitative estimate of drug-likeness (QED) is 0.874. The van der Waals surface area contributed by atoms with Crippen molar-refractivity contribution in [3.05, 3.63) is 11.9 Å². The first kappa shape index (κ1) is 12.1. The van der Waals surface area contributed by atoms with E-state index >= 15 is 0 Å². The fourth-order valence-corrected chi connectivity index (χ4v) is 2.32. The third-order valence-corrected chi connectivity index (χ3v) is 3.39. The van der Waals surface area contributed by atoms with Crippen LogP contribution in [0.25, 0.3) is 0 Å². The summed E-state index contributed by atoms with van der Waals surface area (Å²) in [5.41, 5.74) is 5.74. The third kappa shape index (κ3) is 3.08. The Hall–Kier alpha value is -1.32. The van der Waals surface area contributed by atoms with E-state index in [1.807, 2.05) is 6.92 Å². The van der Waals surface area contributed by atoms with Crippen molar-refractivity contribution in [3.8, 4) is 5.88 Å². The summed E-state index contributed by atoms with van der Waals surface area (Å²) in [6, 6.07) is 1.72. The lowest BCUT2D eigenvalue weighted by Crippen LogP contribution is -2.28. The van der Waals surface area contributed by atoms with Crippen molar-refractivity contribution in [2.24, 2.45) is 5.92 Å². The number of nitrogen functional groups attached to an aromatic ring is 1. The van der Waals surface area contributed by atoms with Crippen molar-refractivity contribution >= 4 is 5.82 Å². The van der Waals surface area contributed by atoms with Gasteiger partial charge in [0.1, 0.15) is 17.7 Å². The van der Waals surface area contributed by atoms with Crippen LogP contribution in [0.15, 0.2) is 6.07 Å². The summed E-state index contributed by atoms with van der Waals surface area (Å²) >= 11 is 0. The van der Waals surface area contributed by atoms with Crippen LogP contribution in [-0.2, 0) is 6.42 Å². The molecule has 1 aliphatic carbocycles. The Balaban J connectivity index is 2.09. The lowest BCUT2D eigenvalue weighted by Gasteiger charge is -2.28. The van der Waals surface area contributed by atoms with Crippen LogP contribution in [0.5, 0.6) is 5.88 Å². The molecule has 2 unspecified atom stereocenters. The minimum absolute atomic E-state index is 0.280. The summed E-state index contributed by atoms with van der Waals surface area (Å²) in [6.07, 6.45) is 5.98. The molecule has 1 aliphatic rings. The number of hydrogen-bond acceptors (Lipinski definition) is 4. The van der Waals surface area contributed by atoms with Crippen LogP contribution in [0.1, 0.15) is 45.4 Å². The molecule has 0 aliphatic heterocycles. The predicted octanol–water partition coefficient (Wildman–Crippen LogP) is 2.58. The highest BCUT2D eigenvalue weighted by molar-refractivity contribution is 5.32. The van der Waals surface area contributed by atoms with E-state index in [1.165, 1.54) is 19.3 Å². The maximum atomic E-state index is 5.96. The van der Waals surface area contributed by atoms with E-state index < -0.39 is 0 Å². The van der Waals surface area contributed by atoms with E-state index in [9.17, 15) is 0 Å². The predicted molar refractivity (Wildman–Crippen MR) is 67.9 cm³/mol. The van der Waals surface area contributed by atoms with E-state index in [1.54, 1.807) is 6.07 Å². The average Bonchev–Trinajstić information content (AvgIpc) is 2.31. The van der Waals surface area contributed by atoms with E-state index in [2.05, 4.69) is 16.9 Å². The highest BCUT2D eigenvalue weighted by Gasteiger charge is 2.23. The van der Waals surface area contributed by atoms with E-state index in [4.69, 9.17) is 10.5 Å². The van der Waals surface area contributed by atoms with Gasteiger partial charge in [0, 0.05) is 12.5 Å². The summed E-state index contributed by atoms with van der Waals surface area (Å²) < 4.78 is 5.96. The Labute approximate surface area is 103 Å². The highest BCUT2D eigenvalue weighted by Crippen LogP contribution is 2.27. The Morgan fingerprint density at radius 2 is 2.12 bits per heavy atom. The number of ether oxygens (including phenoxy) is 1. The summed E-state index contributed by atoms with van der Waals surface area (Å²) in [6.45, 7) is 4.26. The first-order valence-electron chi connectivity index (χ1n) is 6.49. The molecule has 17 heavy (non-hydrogen) atoms. The molecule has 0 amide bonds. The van der Waals surface area contributed by atoms with Crippen molar-refractivity contribution in [2.75, 3.05) is 5.73 Å². The maximum Gasteiger partial charge on any atom is 0.219 e. The van der Waals surface area contributed by atoms with Crippen molar-refractivity contribution in [1.29, 1.82) is 0 Å². The molecule has 0 spiro atoms. The van der Waals surface area contributed by atoms with Gasteiger partial charge in [0.2, 0.25) is 5.88 Å². The summed E-state index contributed by atoms with van der Waals surface area (Å²) in [5.74, 6) is 2.48. The number of anilines is 1. The molecule has 0 bridgehead atoms. The molecule has 4 heteroatoms. The number of hydrogen-bond donors (Lipinski definition) is 1. The molecular weight excluding hydrogens is 214 g/mol. The van der Waals surface area contributed by atoms with Crippen LogP contribution >= 0.6 is 0 Å². The molecule has 94 valence electrons. The van der Waals surface area contributed by atoms with Crippen molar-refractivity contribution < 1.29 is 4.74 Å². The number of aryl methyl sites for hydroxylation is 1. The summed E-state index contributed by atoms with van der Waals surface area (Å²) in [7, 11) is 0. The van der Waals surface area contributed by atoms with Gasteiger partial charge in [-0.3, -0.25) is 0 Å². The molecule has 2 atom stereocenters. The van der Waals surface area contributed by atoms with Gasteiger partial charge < -0.3 is 10.5 Å². The van der Waals surface area contributed by atoms with Gasteiger partial charge in [-0.1, -0.05) is 20.3 Å². The van der Waals surface area contributed by atoms with E-state index in [-0.39, 0.29) is 6.10 Å². The standard InChI is InChI=1S/C13H21N3O/c1-3-12-15-11(14)8-13(16-12)17-10-7-5-4-6-9(10)2/h8-10H,3-7H2,1-2H3,(H2,14,15,16). The monoisotopic (exact) mass is 235 g/mol. The molecule has 0 radical (unpaired) electrons. The van der Waals surface area contributed by atoms with Gasteiger partial charge in [0.15, 0.2) is 0 Å². The molecule has 2 N–H and O–H groups in total. The first-order valence-corrected chi connectivity index (χ1v) is 6.49. The third-order valence-electron chi connectivity index (χ3n) is 3.39. The summed E-state index contributed by atoms with van der Waals surface area (Å²) in [4.78, 5) is 8.52. The zero-order valence-corrected chi connectivity index (χ0v) is 10.6. The molecule has 0 aromatic carbocycles. The second-order valence-corrected chi connectivity index (χ2v) is 4.82. The minimum Gasteiger partial charge on any atom is -0.474 e. The fourth-order valence-electron chi connectivity index (χ4n) is 2.32. The number of rotatable bonds is 3. The van der Waals surface area contributed by atoms with Crippen molar-refractivity contribution in [3.63, 3.8) is 0 Å². The fraction of sp³-hybridized carbons (Fsp3) is 0.692. The Morgan fingerprint density at radius 1 is 1.35 bits per heavy atom. The molecule has 1 heterocycles. The molecule has 1 saturated carbocycles. The largest absolute Gasteiger partial charge is 0.474 e. The molecule has 2 rings (SSSR count). The van der Waals surface area contributed by atoms with Gasteiger partial charge in [-0.2, -0.15) is 4.98 Å². The number of nitrogens with two attached hydrogens (primary N) is 1. The van der Waals surface area contributed by atoms with E-state index in [0.29, 0.717) is 17.6 Å². The summed E-state index contributed by atoms with van der Waals surface area (Å²) in [5, 5.41) is 0. The van der Waals surface area contributed by atoms with Gasteiger partial charge in [-0.25, -0.2) is 4.98 Å². The molecule has 1 aromatic heterocycles. The van der Waals surface area contributed by atoms with Crippen molar-refractivity contribution in [2.45, 2.75) is 52.1 Å². The zero-order valence-electron chi connectivity index (χ0n) is 10.6. The topological polar surface area (TPSA) is 61.0 Å². The van der Waals surface area contributed by atoms with Gasteiger partial charge >= 0.3 is 0 Å². The molecule has 1 fully saturated rings. The van der Waals surface area contributed by atoms with E-state index in [0.717, 1.165) is 18.7 Å². The Bertz CT molecular complexity index is 381. The van der Waals surface area contributed by atoms with Gasteiger partial charge in [0.25, 0.3) is 0 Å². The first-order chi connectivity index (χ1) is 8.19. The molecular formula is C13H21N3O. The average molecular weight is 235 g/mol. The lowest BCUT2D eigenvalue weighted by atomic mass is 9.88. The van der Waals surface area contributed by atoms with Crippen LogP contribution in [0.4, 0.5) is 5.82 Å². The van der Waals surface area contributed by atoms with Crippen LogP contribution in [0, 0.1) is 5.92 Å². The normalized spacial score (nSPS) is 24.6. The Kier molecular flexibility index (Phi) is 3.82. The van der Waals surface area contributed by atoms with Crippen LogP contribution in [0.3, 0.4) is 0 Å². The van der Waals surface area contributed by atoms with Crippen LogP contribution in [0.2, 0.25) is 0 Å². The maximum absolute atomic E-state index is 5.96. The lowest BCUT2D eigenvalue weighted by molar-refractivity contribution is 0.0972.